The summed E-state index contributed by atoms with van der Waals surface area (Å²) in [6.07, 6.45) is 0. The van der Waals surface area contributed by atoms with Crippen LogP contribution in [0.1, 0.15) is 36.6 Å². The molecule has 1 aliphatic rings. The van der Waals surface area contributed by atoms with Crippen LogP contribution in [0.4, 0.5) is 15.9 Å². The number of halogens is 1. The molecule has 2 heterocycles. The molecule has 1 saturated heterocycles. The number of rotatable bonds is 6. The molecule has 2 N–H and O–H groups in total. The Labute approximate surface area is 205 Å². The summed E-state index contributed by atoms with van der Waals surface area (Å²) in [5, 5.41) is 0. The minimum Gasteiger partial charge on any atom is -0.385 e. The van der Waals surface area contributed by atoms with Crippen molar-refractivity contribution in [2.24, 2.45) is 13.0 Å². The first kappa shape index (κ1) is 24.7. The summed E-state index contributed by atoms with van der Waals surface area (Å²) in [6.45, 7) is 8.89. The molecule has 0 unspecified atom stereocenters. The highest BCUT2D eigenvalue weighted by atomic mass is 19.1. The van der Waals surface area contributed by atoms with Crippen LogP contribution < -0.4 is 21.9 Å². The second-order valence-electron chi connectivity index (χ2n) is 9.74. The van der Waals surface area contributed by atoms with Crippen molar-refractivity contribution >= 4 is 11.5 Å². The molecule has 0 radical (unpaired) electrons. The molecule has 1 fully saturated rings. The molecule has 1 aromatic heterocycles. The molecule has 0 aliphatic carbocycles. The highest BCUT2D eigenvalue weighted by Gasteiger charge is 2.32. The van der Waals surface area contributed by atoms with Crippen molar-refractivity contribution in [1.29, 1.82) is 0 Å². The lowest BCUT2D eigenvalue weighted by atomic mass is 9.95. The molecule has 7 nitrogen and oxygen atoms in total. The lowest BCUT2D eigenvalue weighted by Gasteiger charge is -2.41. The zero-order valence-electron chi connectivity index (χ0n) is 20.9. The first-order valence-electron chi connectivity index (χ1n) is 12.1. The Balaban J connectivity index is 1.79. The number of benzene rings is 2. The third kappa shape index (κ3) is 4.89. The molecule has 1 aliphatic heterocycles. The Hall–Kier alpha value is -3.39. The fraction of sp³-hybridized carbons (Fsp3) is 0.407. The van der Waals surface area contributed by atoms with Gasteiger partial charge in [-0.25, -0.2) is 9.18 Å². The standard InChI is InChI=1S/C27H34FN5O2/c1-18(2)17-33-25(29)23(26(34)30(4)27(33)35)24(20-9-7-8-19(3)16-20)32-14-12-31(13-15-32)22-11-6-5-10-21(22)28/h5-11,16,18,24H,12-15,17,29H2,1-4H3/t24-/m1/s1. The van der Waals surface area contributed by atoms with Crippen molar-refractivity contribution in [3.05, 3.63) is 91.9 Å². The van der Waals surface area contributed by atoms with Crippen molar-refractivity contribution < 1.29 is 4.39 Å². The van der Waals surface area contributed by atoms with Gasteiger partial charge in [-0.2, -0.15) is 0 Å². The summed E-state index contributed by atoms with van der Waals surface area (Å²) in [6, 6.07) is 14.4. The molecule has 8 heteroatoms. The van der Waals surface area contributed by atoms with Crippen LogP contribution >= 0.6 is 0 Å². The van der Waals surface area contributed by atoms with Gasteiger partial charge in [-0.1, -0.05) is 55.8 Å². The van der Waals surface area contributed by atoms with Crippen LogP contribution in [0.5, 0.6) is 0 Å². The number of piperazine rings is 1. The van der Waals surface area contributed by atoms with E-state index in [-0.39, 0.29) is 23.1 Å². The third-order valence-corrected chi connectivity index (χ3v) is 6.67. The van der Waals surface area contributed by atoms with Crippen molar-refractivity contribution in [1.82, 2.24) is 14.0 Å². The molecule has 186 valence electrons. The second-order valence-corrected chi connectivity index (χ2v) is 9.74. The number of nitrogens with zero attached hydrogens (tertiary/aromatic N) is 4. The molecule has 0 amide bonds. The predicted octanol–water partition coefficient (Wildman–Crippen LogP) is 3.14. The Morgan fingerprint density at radius 3 is 2.31 bits per heavy atom. The number of anilines is 2. The van der Waals surface area contributed by atoms with Gasteiger partial charge in [-0.3, -0.25) is 18.8 Å². The molecular formula is C27H34FN5O2. The van der Waals surface area contributed by atoms with Gasteiger partial charge in [0.1, 0.15) is 11.6 Å². The smallest absolute Gasteiger partial charge is 0.332 e. The quantitative estimate of drug-likeness (QED) is 0.588. The summed E-state index contributed by atoms with van der Waals surface area (Å²) in [7, 11) is 1.51. The van der Waals surface area contributed by atoms with E-state index in [4.69, 9.17) is 5.73 Å². The average Bonchev–Trinajstić information content (AvgIpc) is 2.84. The van der Waals surface area contributed by atoms with E-state index < -0.39 is 11.7 Å². The van der Waals surface area contributed by atoms with Crippen LogP contribution in [-0.4, -0.2) is 40.2 Å². The summed E-state index contributed by atoms with van der Waals surface area (Å²) < 4.78 is 17.1. The monoisotopic (exact) mass is 479 g/mol. The molecule has 0 saturated carbocycles. The highest BCUT2D eigenvalue weighted by molar-refractivity contribution is 5.49. The maximum atomic E-state index is 14.4. The van der Waals surface area contributed by atoms with Crippen LogP contribution in [0, 0.1) is 18.7 Å². The number of hydrogen-bond donors (Lipinski definition) is 1. The van der Waals surface area contributed by atoms with E-state index in [0.29, 0.717) is 44.0 Å². The number of nitrogens with two attached hydrogens (primary N) is 1. The van der Waals surface area contributed by atoms with Crippen LogP contribution in [0.15, 0.2) is 58.1 Å². The van der Waals surface area contributed by atoms with E-state index in [1.807, 2.05) is 49.9 Å². The zero-order chi connectivity index (χ0) is 25.3. The van der Waals surface area contributed by atoms with E-state index in [9.17, 15) is 14.0 Å². The third-order valence-electron chi connectivity index (χ3n) is 6.67. The molecule has 0 bridgehead atoms. The van der Waals surface area contributed by atoms with E-state index >= 15 is 0 Å². The van der Waals surface area contributed by atoms with Gasteiger partial charge in [0.15, 0.2) is 0 Å². The summed E-state index contributed by atoms with van der Waals surface area (Å²) in [5.74, 6) is 0.159. The summed E-state index contributed by atoms with van der Waals surface area (Å²) in [4.78, 5) is 30.7. The van der Waals surface area contributed by atoms with E-state index in [0.717, 1.165) is 15.7 Å². The number of hydrogen-bond acceptors (Lipinski definition) is 5. The first-order valence-corrected chi connectivity index (χ1v) is 12.1. The highest BCUT2D eigenvalue weighted by Crippen LogP contribution is 2.32. The molecule has 35 heavy (non-hydrogen) atoms. The van der Waals surface area contributed by atoms with E-state index in [1.54, 1.807) is 12.1 Å². The minimum atomic E-state index is -0.421. The fourth-order valence-electron chi connectivity index (χ4n) is 4.93. The van der Waals surface area contributed by atoms with Gasteiger partial charge >= 0.3 is 5.69 Å². The topological polar surface area (TPSA) is 76.5 Å². The lowest BCUT2D eigenvalue weighted by Crippen LogP contribution is -2.50. The van der Waals surface area contributed by atoms with Gasteiger partial charge in [0.2, 0.25) is 0 Å². The largest absolute Gasteiger partial charge is 0.385 e. The van der Waals surface area contributed by atoms with Crippen LogP contribution in [-0.2, 0) is 13.6 Å². The van der Waals surface area contributed by atoms with Crippen LogP contribution in [0.25, 0.3) is 0 Å². The zero-order valence-corrected chi connectivity index (χ0v) is 20.9. The van der Waals surface area contributed by atoms with Crippen molar-refractivity contribution in [3.8, 4) is 0 Å². The molecule has 1 atom stereocenters. The maximum absolute atomic E-state index is 14.4. The normalized spacial score (nSPS) is 15.5. The van der Waals surface area contributed by atoms with Crippen LogP contribution in [0.2, 0.25) is 0 Å². The van der Waals surface area contributed by atoms with E-state index in [2.05, 4.69) is 11.0 Å². The fourth-order valence-corrected chi connectivity index (χ4v) is 4.93. The van der Waals surface area contributed by atoms with Crippen molar-refractivity contribution in [3.63, 3.8) is 0 Å². The lowest BCUT2D eigenvalue weighted by molar-refractivity contribution is 0.210. The maximum Gasteiger partial charge on any atom is 0.332 e. The Bertz CT molecular complexity index is 1320. The van der Waals surface area contributed by atoms with Gasteiger partial charge in [-0.05, 0) is 30.5 Å². The number of para-hydroxylation sites is 1. The average molecular weight is 480 g/mol. The molecule has 0 spiro atoms. The minimum absolute atomic E-state index is 0.182. The molecule has 3 aromatic rings. The first-order chi connectivity index (χ1) is 16.7. The number of nitrogen functional groups attached to an aromatic ring is 1. The molecule has 2 aromatic carbocycles. The molecule has 4 rings (SSSR count). The van der Waals surface area contributed by atoms with Crippen molar-refractivity contribution in [2.75, 3.05) is 36.8 Å². The molecular weight excluding hydrogens is 445 g/mol. The summed E-state index contributed by atoms with van der Waals surface area (Å²) >= 11 is 0. The van der Waals surface area contributed by atoms with Gasteiger partial charge < -0.3 is 10.6 Å². The van der Waals surface area contributed by atoms with E-state index in [1.165, 1.54) is 17.7 Å². The SMILES string of the molecule is Cc1cccc([C@H](c2c(N)n(CC(C)C)c(=O)n(C)c2=O)N2CCN(c3ccccc3F)CC2)c1. The Morgan fingerprint density at radius 2 is 1.69 bits per heavy atom. The van der Waals surface area contributed by atoms with Gasteiger partial charge in [0.05, 0.1) is 17.3 Å². The second kappa shape index (κ2) is 10.1. The van der Waals surface area contributed by atoms with Gasteiger partial charge in [0, 0.05) is 39.8 Å². The van der Waals surface area contributed by atoms with Crippen molar-refractivity contribution in [2.45, 2.75) is 33.4 Å². The van der Waals surface area contributed by atoms with Gasteiger partial charge in [-0.15, -0.1) is 0 Å². The summed E-state index contributed by atoms with van der Waals surface area (Å²) in [5.41, 5.74) is 8.82. The Morgan fingerprint density at radius 1 is 1.00 bits per heavy atom. The van der Waals surface area contributed by atoms with Crippen LogP contribution in [0.3, 0.4) is 0 Å². The predicted molar refractivity (Wildman–Crippen MR) is 138 cm³/mol. The Kier molecular flexibility index (Phi) is 7.12. The number of aromatic nitrogens is 2. The van der Waals surface area contributed by atoms with Gasteiger partial charge in [0.25, 0.3) is 5.56 Å². The number of aryl methyl sites for hydroxylation is 1.